The largest absolute Gasteiger partial charge is 0.471 e. The van der Waals surface area contributed by atoms with Crippen molar-refractivity contribution in [3.63, 3.8) is 0 Å². The van der Waals surface area contributed by atoms with Crippen LogP contribution >= 0.6 is 0 Å². The van der Waals surface area contributed by atoms with E-state index >= 15 is 0 Å². The zero-order valence-corrected chi connectivity index (χ0v) is 5.59. The summed E-state index contributed by atoms with van der Waals surface area (Å²) in [6.45, 7) is 5.17. The lowest BCUT2D eigenvalue weighted by atomic mass is 10.4. The van der Waals surface area contributed by atoms with Gasteiger partial charge in [0.2, 0.25) is 0 Å². The Kier molecular flexibility index (Phi) is 4.92. The smallest absolute Gasteiger partial charge is 0.0929 e. The number of ether oxygens (including phenoxy) is 1. The zero-order valence-electron chi connectivity index (χ0n) is 5.59. The maximum absolute atomic E-state index is 9.85. The minimum Gasteiger partial charge on any atom is -0.471 e. The topological polar surface area (TPSA) is 29.1 Å². The van der Waals surface area contributed by atoms with Crippen molar-refractivity contribution in [2.24, 2.45) is 0 Å². The number of hydrogen-bond acceptors (Lipinski definition) is 1. The first kappa shape index (κ1) is 8.24. The number of rotatable bonds is 4. The molecule has 0 aliphatic heterocycles. The molecule has 9 heavy (non-hydrogen) atoms. The normalized spacial score (nSPS) is 10.0. The van der Waals surface area contributed by atoms with E-state index in [1.54, 1.807) is 13.0 Å². The van der Waals surface area contributed by atoms with E-state index in [4.69, 9.17) is 4.74 Å². The molecule has 2 nitrogen and oxygen atoms in total. The minimum atomic E-state index is -0.0873. The van der Waals surface area contributed by atoms with Crippen molar-refractivity contribution in [3.05, 3.63) is 24.7 Å². The van der Waals surface area contributed by atoms with Crippen molar-refractivity contribution in [1.82, 2.24) is 0 Å². The number of hydrogen-bond donors (Lipinski definition) is 0. The molecule has 2 heteroatoms. The Balaban J connectivity index is 3.14. The van der Waals surface area contributed by atoms with Gasteiger partial charge in [0, 0.05) is 0 Å². The average molecular weight is 127 g/mol. The van der Waals surface area contributed by atoms with Crippen molar-refractivity contribution < 1.29 is 9.84 Å². The Hall–Kier alpha value is -0.760. The summed E-state index contributed by atoms with van der Waals surface area (Å²) in [5.41, 5.74) is 0. The van der Waals surface area contributed by atoms with Gasteiger partial charge in [-0.3, -0.25) is 0 Å². The maximum atomic E-state index is 9.85. The molecule has 0 amide bonds. The summed E-state index contributed by atoms with van der Waals surface area (Å²) in [5, 5.41) is 9.85. The van der Waals surface area contributed by atoms with Gasteiger partial charge in [-0.2, -0.15) is 0 Å². The Morgan fingerprint density at radius 1 is 1.78 bits per heavy atom. The molecule has 0 rings (SSSR count). The van der Waals surface area contributed by atoms with Crippen molar-refractivity contribution in [2.75, 3.05) is 6.61 Å². The van der Waals surface area contributed by atoms with Gasteiger partial charge in [0.25, 0.3) is 0 Å². The Morgan fingerprint density at radius 2 is 2.44 bits per heavy atom. The van der Waals surface area contributed by atoms with E-state index in [1.165, 1.54) is 6.26 Å². The van der Waals surface area contributed by atoms with Crippen LogP contribution in [0.2, 0.25) is 0 Å². The van der Waals surface area contributed by atoms with Crippen LogP contribution in [0.5, 0.6) is 0 Å². The third-order valence-electron chi connectivity index (χ3n) is 0.650. The third kappa shape index (κ3) is 7.24. The van der Waals surface area contributed by atoms with Crippen molar-refractivity contribution >= 4 is 0 Å². The molecular formula is C7H11O2. The molecule has 0 saturated heterocycles. The molecule has 0 saturated carbocycles. The number of allylic oxidation sites excluding steroid dienone is 1. The summed E-state index contributed by atoms with van der Waals surface area (Å²) in [6, 6.07) is 0. The second-order valence-electron chi connectivity index (χ2n) is 1.68. The van der Waals surface area contributed by atoms with E-state index in [2.05, 4.69) is 6.58 Å². The van der Waals surface area contributed by atoms with Crippen molar-refractivity contribution in [3.8, 4) is 0 Å². The highest BCUT2D eigenvalue weighted by atomic mass is 16.5. The Labute approximate surface area is 55.5 Å². The Morgan fingerprint density at radius 3 is 2.89 bits per heavy atom. The molecule has 0 bridgehead atoms. The van der Waals surface area contributed by atoms with E-state index in [0.717, 1.165) is 0 Å². The fourth-order valence-corrected chi connectivity index (χ4v) is 0.300. The van der Waals surface area contributed by atoms with E-state index < -0.39 is 0 Å². The first-order valence-corrected chi connectivity index (χ1v) is 2.82. The van der Waals surface area contributed by atoms with Crippen molar-refractivity contribution in [2.45, 2.75) is 13.3 Å². The molecule has 0 spiro atoms. The third-order valence-corrected chi connectivity index (χ3v) is 0.650. The lowest BCUT2D eigenvalue weighted by Gasteiger charge is -1.93. The summed E-state index contributed by atoms with van der Waals surface area (Å²) < 4.78 is 4.83. The van der Waals surface area contributed by atoms with E-state index in [0.29, 0.717) is 12.2 Å². The lowest BCUT2D eigenvalue weighted by molar-refractivity contribution is 0.198. The van der Waals surface area contributed by atoms with Gasteiger partial charge in [-0.1, -0.05) is 6.58 Å². The SMILES string of the molecule is C=C(C)OC=CCC[O]. The van der Waals surface area contributed by atoms with Gasteiger partial charge in [-0.15, -0.1) is 0 Å². The molecule has 0 fully saturated rings. The molecule has 0 atom stereocenters. The first-order valence-electron chi connectivity index (χ1n) is 2.82. The van der Waals surface area contributed by atoms with E-state index in [-0.39, 0.29) is 6.61 Å². The molecule has 0 aliphatic carbocycles. The van der Waals surface area contributed by atoms with Crippen LogP contribution in [0.3, 0.4) is 0 Å². The molecule has 0 heterocycles. The summed E-state index contributed by atoms with van der Waals surface area (Å²) in [7, 11) is 0. The highest BCUT2D eigenvalue weighted by molar-refractivity contribution is 4.81. The van der Waals surface area contributed by atoms with Crippen molar-refractivity contribution in [1.29, 1.82) is 0 Å². The molecule has 0 unspecified atom stereocenters. The maximum Gasteiger partial charge on any atom is 0.0929 e. The standard InChI is InChI=1S/C7H11O2/c1-7(2)9-6-4-3-5-8/h4,6H,1,3,5H2,2H3. The minimum absolute atomic E-state index is 0.0873. The van der Waals surface area contributed by atoms with Crippen LogP contribution in [0.4, 0.5) is 0 Å². The molecule has 51 valence electrons. The summed E-state index contributed by atoms with van der Waals surface area (Å²) in [5.74, 6) is 0.636. The van der Waals surface area contributed by atoms with Crippen LogP contribution in [-0.2, 0) is 9.84 Å². The van der Waals surface area contributed by atoms with Crippen LogP contribution in [0, 0.1) is 0 Å². The molecular weight excluding hydrogens is 116 g/mol. The molecule has 0 aromatic carbocycles. The predicted octanol–water partition coefficient (Wildman–Crippen LogP) is 1.87. The second-order valence-corrected chi connectivity index (χ2v) is 1.68. The quantitative estimate of drug-likeness (QED) is 0.530. The second kappa shape index (κ2) is 5.38. The van der Waals surface area contributed by atoms with E-state index in [9.17, 15) is 5.11 Å². The molecule has 0 N–H and O–H groups in total. The predicted molar refractivity (Wildman–Crippen MR) is 35.2 cm³/mol. The van der Waals surface area contributed by atoms with Crippen LogP contribution in [-0.4, -0.2) is 6.61 Å². The average Bonchev–Trinajstić information content (AvgIpc) is 1.80. The van der Waals surface area contributed by atoms with Crippen LogP contribution in [0.15, 0.2) is 24.7 Å². The zero-order chi connectivity index (χ0) is 7.11. The van der Waals surface area contributed by atoms with Gasteiger partial charge in [-0.05, 0) is 19.4 Å². The lowest BCUT2D eigenvalue weighted by Crippen LogP contribution is -1.76. The summed E-state index contributed by atoms with van der Waals surface area (Å²) >= 11 is 0. The van der Waals surface area contributed by atoms with Gasteiger partial charge in [0.1, 0.15) is 0 Å². The van der Waals surface area contributed by atoms with E-state index in [1.807, 2.05) is 0 Å². The monoisotopic (exact) mass is 127 g/mol. The summed E-state index contributed by atoms with van der Waals surface area (Å²) in [6.07, 6.45) is 3.69. The van der Waals surface area contributed by atoms with Gasteiger partial charge in [0.05, 0.1) is 18.6 Å². The highest BCUT2D eigenvalue weighted by Gasteiger charge is 1.77. The van der Waals surface area contributed by atoms with Gasteiger partial charge < -0.3 is 4.74 Å². The molecule has 0 aromatic heterocycles. The van der Waals surface area contributed by atoms with Gasteiger partial charge in [-0.25, -0.2) is 5.11 Å². The Bertz CT molecular complexity index is 105. The first-order chi connectivity index (χ1) is 4.27. The fraction of sp³-hybridized carbons (Fsp3) is 0.429. The highest BCUT2D eigenvalue weighted by Crippen LogP contribution is 1.91. The fourth-order valence-electron chi connectivity index (χ4n) is 0.300. The van der Waals surface area contributed by atoms with Crippen LogP contribution in [0.1, 0.15) is 13.3 Å². The van der Waals surface area contributed by atoms with Crippen LogP contribution < -0.4 is 0 Å². The van der Waals surface area contributed by atoms with Crippen LogP contribution in [0.25, 0.3) is 0 Å². The van der Waals surface area contributed by atoms with Gasteiger partial charge >= 0.3 is 0 Å². The molecule has 0 aromatic rings. The summed E-state index contributed by atoms with van der Waals surface area (Å²) in [4.78, 5) is 0. The van der Waals surface area contributed by atoms with Gasteiger partial charge in [0.15, 0.2) is 0 Å². The molecule has 0 aliphatic rings. The molecule has 1 radical (unpaired) electrons.